The van der Waals surface area contributed by atoms with Gasteiger partial charge in [0.1, 0.15) is 5.75 Å². The molecule has 174 valence electrons. The summed E-state index contributed by atoms with van der Waals surface area (Å²) in [4.78, 5) is 31.1. The second kappa shape index (κ2) is 10.8. The Kier molecular flexibility index (Phi) is 7.58. The number of fused-ring (bicyclic) bond motifs is 1. The van der Waals surface area contributed by atoms with Gasteiger partial charge in [-0.3, -0.25) is 24.4 Å². The van der Waals surface area contributed by atoms with Crippen LogP contribution < -0.4 is 10.3 Å². The number of aromatic nitrogens is 2. The summed E-state index contributed by atoms with van der Waals surface area (Å²) in [5.74, 6) is 0.953. The molecule has 0 amide bonds. The van der Waals surface area contributed by atoms with Crippen molar-refractivity contribution in [1.82, 2.24) is 14.5 Å². The molecular formula is C23H26N4O5S. The number of nitrogens with zero attached hydrogens (tertiary/aromatic N) is 4. The van der Waals surface area contributed by atoms with Gasteiger partial charge in [0.25, 0.3) is 11.2 Å². The van der Waals surface area contributed by atoms with Gasteiger partial charge in [-0.2, -0.15) is 0 Å². The largest absolute Gasteiger partial charge is 0.496 e. The molecule has 1 aliphatic rings. The van der Waals surface area contributed by atoms with Crippen LogP contribution in [0.3, 0.4) is 0 Å². The van der Waals surface area contributed by atoms with Crippen LogP contribution in [0.4, 0.5) is 5.69 Å². The average Bonchev–Trinajstić information content (AvgIpc) is 2.84. The number of hydrogen-bond donors (Lipinski definition) is 0. The second-order valence-electron chi connectivity index (χ2n) is 7.72. The normalized spacial score (nSPS) is 14.5. The highest BCUT2D eigenvalue weighted by Gasteiger charge is 2.16. The summed E-state index contributed by atoms with van der Waals surface area (Å²) in [7, 11) is 1.53. The van der Waals surface area contributed by atoms with Crippen molar-refractivity contribution < 1.29 is 14.4 Å². The highest BCUT2D eigenvalue weighted by Crippen LogP contribution is 2.30. The van der Waals surface area contributed by atoms with Gasteiger partial charge in [-0.25, -0.2) is 4.98 Å². The van der Waals surface area contributed by atoms with Crippen LogP contribution in [-0.4, -0.2) is 59.3 Å². The van der Waals surface area contributed by atoms with E-state index in [9.17, 15) is 14.9 Å². The highest BCUT2D eigenvalue weighted by molar-refractivity contribution is 7.98. The summed E-state index contributed by atoms with van der Waals surface area (Å²) in [5, 5.41) is 12.4. The van der Waals surface area contributed by atoms with Crippen LogP contribution in [-0.2, 0) is 17.0 Å². The van der Waals surface area contributed by atoms with Gasteiger partial charge in [-0.15, -0.1) is 0 Å². The Morgan fingerprint density at radius 3 is 2.73 bits per heavy atom. The third kappa shape index (κ3) is 5.52. The van der Waals surface area contributed by atoms with Crippen LogP contribution in [0.25, 0.3) is 10.9 Å². The fourth-order valence-electron chi connectivity index (χ4n) is 3.87. The number of ether oxygens (including phenoxy) is 2. The second-order valence-corrected chi connectivity index (χ2v) is 8.66. The van der Waals surface area contributed by atoms with E-state index in [0.29, 0.717) is 39.7 Å². The van der Waals surface area contributed by atoms with Crippen LogP contribution in [0.15, 0.2) is 52.4 Å². The number of thioether (sulfide) groups is 1. The third-order valence-corrected chi connectivity index (χ3v) is 6.64. The van der Waals surface area contributed by atoms with Gasteiger partial charge in [-0.05, 0) is 24.6 Å². The molecule has 0 saturated carbocycles. The molecule has 9 nitrogen and oxygen atoms in total. The lowest BCUT2D eigenvalue weighted by atomic mass is 10.2. The van der Waals surface area contributed by atoms with Crippen molar-refractivity contribution in [2.24, 2.45) is 0 Å². The Labute approximate surface area is 195 Å². The average molecular weight is 471 g/mol. The Morgan fingerprint density at radius 1 is 1.18 bits per heavy atom. The lowest BCUT2D eigenvalue weighted by Gasteiger charge is -2.26. The highest BCUT2D eigenvalue weighted by atomic mass is 32.2. The molecular weight excluding hydrogens is 444 g/mol. The first-order valence-electron chi connectivity index (χ1n) is 10.8. The number of benzene rings is 2. The van der Waals surface area contributed by atoms with E-state index in [4.69, 9.17) is 14.5 Å². The minimum atomic E-state index is -0.427. The molecule has 2 aromatic carbocycles. The van der Waals surface area contributed by atoms with Gasteiger partial charge in [0, 0.05) is 49.6 Å². The Bertz CT molecular complexity index is 1190. The lowest BCUT2D eigenvalue weighted by Crippen LogP contribution is -2.37. The maximum atomic E-state index is 13.3. The van der Waals surface area contributed by atoms with E-state index in [1.165, 1.54) is 31.0 Å². The summed E-state index contributed by atoms with van der Waals surface area (Å²) >= 11 is 1.38. The van der Waals surface area contributed by atoms with Crippen molar-refractivity contribution in [2.45, 2.75) is 23.9 Å². The number of hydrogen-bond acceptors (Lipinski definition) is 8. The molecule has 10 heteroatoms. The number of non-ortho nitro benzene ring substituents is 1. The van der Waals surface area contributed by atoms with Gasteiger partial charge in [0.05, 0.1) is 36.1 Å². The molecule has 0 atom stereocenters. The zero-order valence-corrected chi connectivity index (χ0v) is 19.3. The smallest absolute Gasteiger partial charge is 0.270 e. The van der Waals surface area contributed by atoms with E-state index >= 15 is 0 Å². The predicted octanol–water partition coefficient (Wildman–Crippen LogP) is 3.33. The maximum absolute atomic E-state index is 13.3. The van der Waals surface area contributed by atoms with Crippen LogP contribution in [0.1, 0.15) is 12.0 Å². The first kappa shape index (κ1) is 23.2. The standard InChI is InChI=1S/C23H26N4O5S/c1-31-21-8-7-18(27(29)30)15-17(21)16-33-23-24-20-6-3-2-5-19(20)22(28)26(23)10-4-9-25-11-13-32-14-12-25/h2-3,5-8,15H,4,9-14,16H2,1H3. The number of para-hydroxylation sites is 1. The molecule has 1 saturated heterocycles. The molecule has 1 aromatic heterocycles. The molecule has 0 bridgehead atoms. The molecule has 0 radical (unpaired) electrons. The van der Waals surface area contributed by atoms with Gasteiger partial charge < -0.3 is 9.47 Å². The van der Waals surface area contributed by atoms with E-state index in [1.54, 1.807) is 16.7 Å². The van der Waals surface area contributed by atoms with Crippen LogP contribution in [0.5, 0.6) is 5.75 Å². The van der Waals surface area contributed by atoms with E-state index in [2.05, 4.69) is 4.90 Å². The quantitative estimate of drug-likeness (QED) is 0.203. The molecule has 1 fully saturated rings. The monoisotopic (exact) mass is 470 g/mol. The molecule has 1 aliphatic heterocycles. The Balaban J connectivity index is 1.59. The SMILES string of the molecule is COc1ccc([N+](=O)[O-])cc1CSc1nc2ccccc2c(=O)n1CCCN1CCOCC1. The Morgan fingerprint density at radius 2 is 1.97 bits per heavy atom. The number of morpholine rings is 1. The van der Waals surface area contributed by atoms with Crippen molar-refractivity contribution in [1.29, 1.82) is 0 Å². The minimum absolute atomic E-state index is 0.000715. The summed E-state index contributed by atoms with van der Waals surface area (Å²) in [6.07, 6.45) is 0.813. The van der Waals surface area contributed by atoms with Crippen molar-refractivity contribution >= 4 is 28.4 Å². The van der Waals surface area contributed by atoms with Crippen molar-refractivity contribution in [3.05, 3.63) is 68.5 Å². The number of nitro benzene ring substituents is 1. The van der Waals surface area contributed by atoms with Crippen LogP contribution >= 0.6 is 11.8 Å². The molecule has 0 unspecified atom stereocenters. The topological polar surface area (TPSA) is 99.7 Å². The van der Waals surface area contributed by atoms with E-state index in [-0.39, 0.29) is 11.2 Å². The van der Waals surface area contributed by atoms with Crippen molar-refractivity contribution in [3.63, 3.8) is 0 Å². The minimum Gasteiger partial charge on any atom is -0.496 e. The van der Waals surface area contributed by atoms with Crippen LogP contribution in [0.2, 0.25) is 0 Å². The van der Waals surface area contributed by atoms with E-state index < -0.39 is 4.92 Å². The molecule has 0 N–H and O–H groups in total. The van der Waals surface area contributed by atoms with E-state index in [0.717, 1.165) is 39.3 Å². The molecule has 0 aliphatic carbocycles. The molecule has 33 heavy (non-hydrogen) atoms. The molecule has 0 spiro atoms. The van der Waals surface area contributed by atoms with E-state index in [1.807, 2.05) is 18.2 Å². The molecule has 2 heterocycles. The third-order valence-electron chi connectivity index (χ3n) is 5.62. The fourth-order valence-corrected chi connectivity index (χ4v) is 4.87. The summed E-state index contributed by atoms with van der Waals surface area (Å²) in [6.45, 7) is 4.71. The molecule has 3 aromatic rings. The van der Waals surface area contributed by atoms with Gasteiger partial charge >= 0.3 is 0 Å². The summed E-state index contributed by atoms with van der Waals surface area (Å²) in [6, 6.07) is 11.8. The number of nitro groups is 1. The van der Waals surface area contributed by atoms with Crippen molar-refractivity contribution in [3.8, 4) is 5.75 Å². The van der Waals surface area contributed by atoms with Gasteiger partial charge in [0.15, 0.2) is 5.16 Å². The first-order chi connectivity index (χ1) is 16.1. The zero-order chi connectivity index (χ0) is 23.2. The van der Waals surface area contributed by atoms with Gasteiger partial charge in [0.2, 0.25) is 0 Å². The number of methoxy groups -OCH3 is 1. The van der Waals surface area contributed by atoms with Gasteiger partial charge in [-0.1, -0.05) is 23.9 Å². The molecule has 4 rings (SSSR count). The summed E-state index contributed by atoms with van der Waals surface area (Å²) < 4.78 is 12.5. The number of rotatable bonds is 9. The first-order valence-corrected chi connectivity index (χ1v) is 11.8. The van der Waals surface area contributed by atoms with Crippen molar-refractivity contribution in [2.75, 3.05) is 40.0 Å². The maximum Gasteiger partial charge on any atom is 0.270 e. The zero-order valence-electron chi connectivity index (χ0n) is 18.4. The lowest BCUT2D eigenvalue weighted by molar-refractivity contribution is -0.384. The fraction of sp³-hybridized carbons (Fsp3) is 0.391. The summed E-state index contributed by atoms with van der Waals surface area (Å²) in [5.41, 5.74) is 1.25. The van der Waals surface area contributed by atoms with Crippen LogP contribution in [0, 0.1) is 10.1 Å². The Hall–Kier alpha value is -2.95. The predicted molar refractivity (Wildman–Crippen MR) is 127 cm³/mol.